The molecule has 0 N–H and O–H groups in total. The number of hydrogen-bond donors (Lipinski definition) is 0. The Morgan fingerprint density at radius 2 is 2.12 bits per heavy atom. The summed E-state index contributed by atoms with van der Waals surface area (Å²) in [5, 5.41) is 0.763. The van der Waals surface area contributed by atoms with Crippen LogP contribution in [0.25, 0.3) is 0 Å². The van der Waals surface area contributed by atoms with E-state index >= 15 is 0 Å². The highest BCUT2D eigenvalue weighted by Gasteiger charge is 2.50. The van der Waals surface area contributed by atoms with E-state index in [1.165, 1.54) is 6.42 Å². The number of halogens is 2. The highest BCUT2D eigenvalue weighted by Crippen LogP contribution is 2.61. The number of rotatable bonds is 3. The van der Waals surface area contributed by atoms with Crippen molar-refractivity contribution in [2.45, 2.75) is 25.1 Å². The topological polar surface area (TPSA) is 9.23 Å². The molecule has 1 saturated carbocycles. The van der Waals surface area contributed by atoms with Gasteiger partial charge in [0.1, 0.15) is 5.75 Å². The quantitative estimate of drug-likeness (QED) is 0.727. The molecule has 0 aromatic heterocycles. The normalized spacial score (nSPS) is 23.9. The van der Waals surface area contributed by atoms with Crippen molar-refractivity contribution in [1.82, 2.24) is 0 Å². The minimum absolute atomic E-state index is 0.330. The molecular weight excluding hydrogens is 287 g/mol. The molecule has 0 aliphatic heterocycles. The van der Waals surface area contributed by atoms with Crippen LogP contribution in [0.15, 0.2) is 18.2 Å². The van der Waals surface area contributed by atoms with Gasteiger partial charge >= 0.3 is 0 Å². The van der Waals surface area contributed by atoms with Crippen molar-refractivity contribution >= 4 is 27.5 Å². The molecule has 2 atom stereocenters. The van der Waals surface area contributed by atoms with E-state index in [-0.39, 0.29) is 0 Å². The van der Waals surface area contributed by atoms with E-state index in [1.807, 2.05) is 18.2 Å². The van der Waals surface area contributed by atoms with Gasteiger partial charge in [-0.05, 0) is 36.0 Å². The first kappa shape index (κ1) is 12.3. The third-order valence-corrected chi connectivity index (χ3v) is 4.80. The summed E-state index contributed by atoms with van der Waals surface area (Å²) in [6, 6.07) is 5.79. The molecule has 0 bridgehead atoms. The fourth-order valence-corrected chi connectivity index (χ4v) is 3.59. The third-order valence-electron chi connectivity index (χ3n) is 3.43. The Balaban J connectivity index is 2.29. The number of benzene rings is 1. The van der Waals surface area contributed by atoms with Crippen molar-refractivity contribution < 1.29 is 4.74 Å². The van der Waals surface area contributed by atoms with Crippen molar-refractivity contribution in [2.24, 2.45) is 11.3 Å². The Labute approximate surface area is 110 Å². The van der Waals surface area contributed by atoms with Gasteiger partial charge in [-0.1, -0.05) is 41.4 Å². The lowest BCUT2D eigenvalue weighted by molar-refractivity contribution is 0.406. The summed E-state index contributed by atoms with van der Waals surface area (Å²) in [5.41, 5.74) is 1.59. The van der Waals surface area contributed by atoms with Crippen LogP contribution < -0.4 is 4.74 Å². The lowest BCUT2D eigenvalue weighted by Gasteiger charge is -2.16. The molecule has 1 aliphatic carbocycles. The van der Waals surface area contributed by atoms with Crippen molar-refractivity contribution in [3.63, 3.8) is 0 Å². The standard InChI is InChI=1S/C13H16BrClO/c1-13(2)7-10(13)12(14)9-6-8(15)4-5-11(9)16-3/h4-6,10,12H,7H2,1-3H3. The summed E-state index contributed by atoms with van der Waals surface area (Å²) < 4.78 is 5.38. The van der Waals surface area contributed by atoms with Gasteiger partial charge in [-0.15, -0.1) is 0 Å². The van der Waals surface area contributed by atoms with Gasteiger partial charge in [0.2, 0.25) is 0 Å². The van der Waals surface area contributed by atoms with E-state index in [4.69, 9.17) is 16.3 Å². The minimum atomic E-state index is 0.330. The second kappa shape index (κ2) is 4.23. The minimum Gasteiger partial charge on any atom is -0.496 e. The van der Waals surface area contributed by atoms with Crippen molar-refractivity contribution in [1.29, 1.82) is 0 Å². The Bertz CT molecular complexity index is 403. The van der Waals surface area contributed by atoms with E-state index in [0.717, 1.165) is 16.3 Å². The fourth-order valence-electron chi connectivity index (χ4n) is 2.14. The monoisotopic (exact) mass is 302 g/mol. The molecule has 1 fully saturated rings. The van der Waals surface area contributed by atoms with Crippen LogP contribution in [-0.4, -0.2) is 7.11 Å². The first-order valence-electron chi connectivity index (χ1n) is 5.43. The predicted molar refractivity (Wildman–Crippen MR) is 71.6 cm³/mol. The summed E-state index contributed by atoms with van der Waals surface area (Å²) in [7, 11) is 1.70. The van der Waals surface area contributed by atoms with Crippen molar-refractivity contribution in [3.8, 4) is 5.75 Å². The molecule has 16 heavy (non-hydrogen) atoms. The molecule has 1 aliphatic rings. The predicted octanol–water partition coefficient (Wildman–Crippen LogP) is 4.83. The molecule has 1 aromatic carbocycles. The Kier molecular flexibility index (Phi) is 3.24. The van der Waals surface area contributed by atoms with E-state index < -0.39 is 0 Å². The smallest absolute Gasteiger partial charge is 0.123 e. The zero-order valence-electron chi connectivity index (χ0n) is 9.76. The van der Waals surface area contributed by atoms with Crippen LogP contribution in [0, 0.1) is 11.3 Å². The zero-order valence-corrected chi connectivity index (χ0v) is 12.1. The maximum atomic E-state index is 6.04. The second-order valence-electron chi connectivity index (χ2n) is 5.09. The van der Waals surface area contributed by atoms with E-state index in [9.17, 15) is 0 Å². The second-order valence-corrected chi connectivity index (χ2v) is 6.51. The van der Waals surface area contributed by atoms with Gasteiger partial charge in [0.25, 0.3) is 0 Å². The molecule has 2 unspecified atom stereocenters. The molecule has 0 saturated heterocycles. The fraction of sp³-hybridized carbons (Fsp3) is 0.538. The maximum absolute atomic E-state index is 6.04. The first-order valence-corrected chi connectivity index (χ1v) is 6.72. The number of ether oxygens (including phenoxy) is 1. The Morgan fingerprint density at radius 1 is 1.50 bits per heavy atom. The third kappa shape index (κ3) is 2.23. The SMILES string of the molecule is COc1ccc(Cl)cc1C(Br)C1CC1(C)C. The van der Waals surface area contributed by atoms with Crippen molar-refractivity contribution in [3.05, 3.63) is 28.8 Å². The summed E-state index contributed by atoms with van der Waals surface area (Å²) in [4.78, 5) is 0.330. The van der Waals surface area contributed by atoms with Crippen LogP contribution in [0.3, 0.4) is 0 Å². The molecule has 0 radical (unpaired) electrons. The van der Waals surface area contributed by atoms with E-state index in [2.05, 4.69) is 29.8 Å². The highest BCUT2D eigenvalue weighted by molar-refractivity contribution is 9.09. The van der Waals surface area contributed by atoms with Crippen LogP contribution >= 0.6 is 27.5 Å². The van der Waals surface area contributed by atoms with Gasteiger partial charge in [0.05, 0.1) is 7.11 Å². The molecule has 0 heterocycles. The number of hydrogen-bond acceptors (Lipinski definition) is 1. The van der Waals surface area contributed by atoms with Crippen LogP contribution in [0.1, 0.15) is 30.7 Å². The Morgan fingerprint density at radius 3 is 2.62 bits per heavy atom. The zero-order chi connectivity index (χ0) is 11.9. The van der Waals surface area contributed by atoms with Gasteiger partial charge in [-0.2, -0.15) is 0 Å². The molecule has 0 amide bonds. The summed E-state index contributed by atoms with van der Waals surface area (Å²) in [6.45, 7) is 4.59. The molecule has 1 nitrogen and oxygen atoms in total. The molecule has 3 heteroatoms. The molecule has 0 spiro atoms. The molecule has 1 aromatic rings. The number of methoxy groups -OCH3 is 1. The molecule has 88 valence electrons. The van der Waals surface area contributed by atoms with Crippen molar-refractivity contribution in [2.75, 3.05) is 7.11 Å². The largest absolute Gasteiger partial charge is 0.496 e. The summed E-state index contributed by atoms with van der Waals surface area (Å²) in [5.74, 6) is 1.58. The highest BCUT2D eigenvalue weighted by atomic mass is 79.9. The molecular formula is C13H16BrClO. The maximum Gasteiger partial charge on any atom is 0.123 e. The van der Waals surface area contributed by atoms with Crippen LogP contribution in [0.2, 0.25) is 5.02 Å². The van der Waals surface area contributed by atoms with Gasteiger partial charge < -0.3 is 4.74 Å². The van der Waals surface area contributed by atoms with Gasteiger partial charge in [0, 0.05) is 15.4 Å². The lowest BCUT2D eigenvalue weighted by Crippen LogP contribution is -2.01. The van der Waals surface area contributed by atoms with Gasteiger partial charge in [-0.25, -0.2) is 0 Å². The summed E-state index contributed by atoms with van der Waals surface area (Å²) >= 11 is 9.81. The van der Waals surface area contributed by atoms with Crippen LogP contribution in [0.5, 0.6) is 5.75 Å². The van der Waals surface area contributed by atoms with Crippen LogP contribution in [-0.2, 0) is 0 Å². The average Bonchev–Trinajstić information content (AvgIpc) is 2.86. The average molecular weight is 304 g/mol. The van der Waals surface area contributed by atoms with Crippen LogP contribution in [0.4, 0.5) is 0 Å². The molecule has 2 rings (SSSR count). The van der Waals surface area contributed by atoms with Gasteiger partial charge in [0.15, 0.2) is 0 Å². The first-order chi connectivity index (χ1) is 7.45. The lowest BCUT2D eigenvalue weighted by atomic mass is 10.0. The van der Waals surface area contributed by atoms with Gasteiger partial charge in [-0.3, -0.25) is 0 Å². The van der Waals surface area contributed by atoms with E-state index in [1.54, 1.807) is 7.11 Å². The summed E-state index contributed by atoms with van der Waals surface area (Å²) in [6.07, 6.45) is 1.25. The Hall–Kier alpha value is -0.210. The van der Waals surface area contributed by atoms with E-state index in [0.29, 0.717) is 16.2 Å². The number of alkyl halides is 1.